The highest BCUT2D eigenvalue weighted by molar-refractivity contribution is 5.98. The summed E-state index contributed by atoms with van der Waals surface area (Å²) in [5.74, 6) is -4.19. The first-order valence-electron chi connectivity index (χ1n) is 10.3. The summed E-state index contributed by atoms with van der Waals surface area (Å²) >= 11 is 0. The van der Waals surface area contributed by atoms with Crippen molar-refractivity contribution in [1.29, 1.82) is 0 Å². The van der Waals surface area contributed by atoms with Gasteiger partial charge in [-0.05, 0) is 60.9 Å². The summed E-state index contributed by atoms with van der Waals surface area (Å²) in [6.07, 6.45) is 1.79. The van der Waals surface area contributed by atoms with Gasteiger partial charge in [-0.1, -0.05) is 6.07 Å². The van der Waals surface area contributed by atoms with Crippen LogP contribution in [-0.4, -0.2) is 35.2 Å². The number of amides is 1. The van der Waals surface area contributed by atoms with Gasteiger partial charge in [-0.2, -0.15) is 0 Å². The molecule has 32 heavy (non-hydrogen) atoms. The van der Waals surface area contributed by atoms with Crippen molar-refractivity contribution >= 4 is 17.3 Å². The van der Waals surface area contributed by atoms with Gasteiger partial charge >= 0.3 is 0 Å². The smallest absolute Gasteiger partial charge is 0.251 e. The van der Waals surface area contributed by atoms with E-state index in [1.165, 1.54) is 0 Å². The highest BCUT2D eigenvalue weighted by atomic mass is 19.2. The molecule has 0 spiro atoms. The van der Waals surface area contributed by atoms with Crippen LogP contribution in [0.25, 0.3) is 0 Å². The number of pyridine rings is 1. The fraction of sp³-hybridized carbons (Fsp3) is 0.250. The summed E-state index contributed by atoms with van der Waals surface area (Å²) in [4.78, 5) is 18.9. The minimum Gasteiger partial charge on any atom is -0.392 e. The lowest BCUT2D eigenvalue weighted by Gasteiger charge is -2.20. The molecular formula is C24H22F3N3O2. The van der Waals surface area contributed by atoms with E-state index in [9.17, 15) is 23.1 Å². The zero-order valence-corrected chi connectivity index (χ0v) is 17.4. The Morgan fingerprint density at radius 3 is 2.66 bits per heavy atom. The molecule has 0 radical (unpaired) electrons. The van der Waals surface area contributed by atoms with Crippen molar-refractivity contribution in [2.24, 2.45) is 0 Å². The van der Waals surface area contributed by atoms with Crippen LogP contribution in [0.4, 0.5) is 24.5 Å². The number of anilines is 2. The monoisotopic (exact) mass is 441 g/mol. The molecule has 3 aromatic rings. The lowest BCUT2D eigenvalue weighted by molar-refractivity contribution is 0.0923. The van der Waals surface area contributed by atoms with Crippen LogP contribution in [0.3, 0.4) is 0 Å². The van der Waals surface area contributed by atoms with E-state index in [4.69, 9.17) is 0 Å². The SMILES string of the molecule is C[C@H](O)CNC(=O)c1cccc2c1CCN2c1ccnc(Cc2cc(F)c(F)c(F)c2)c1. The topological polar surface area (TPSA) is 65.5 Å². The van der Waals surface area contributed by atoms with E-state index in [2.05, 4.69) is 15.2 Å². The fourth-order valence-electron chi connectivity index (χ4n) is 3.90. The molecule has 8 heteroatoms. The van der Waals surface area contributed by atoms with Crippen molar-refractivity contribution in [2.45, 2.75) is 25.9 Å². The highest BCUT2D eigenvalue weighted by Gasteiger charge is 2.25. The van der Waals surface area contributed by atoms with Crippen molar-refractivity contribution in [2.75, 3.05) is 18.0 Å². The maximum Gasteiger partial charge on any atom is 0.251 e. The third kappa shape index (κ3) is 4.45. The second-order valence-corrected chi connectivity index (χ2v) is 7.82. The van der Waals surface area contributed by atoms with Crippen LogP contribution >= 0.6 is 0 Å². The zero-order chi connectivity index (χ0) is 22.8. The first-order valence-corrected chi connectivity index (χ1v) is 10.3. The average Bonchev–Trinajstić information content (AvgIpc) is 3.20. The van der Waals surface area contributed by atoms with Crippen LogP contribution in [0.2, 0.25) is 0 Å². The molecule has 1 atom stereocenters. The van der Waals surface area contributed by atoms with Crippen molar-refractivity contribution in [3.63, 3.8) is 0 Å². The molecule has 0 aliphatic carbocycles. The zero-order valence-electron chi connectivity index (χ0n) is 17.4. The normalized spacial score (nSPS) is 13.7. The van der Waals surface area contributed by atoms with E-state index in [0.29, 0.717) is 24.2 Å². The number of rotatable bonds is 6. The number of aromatic nitrogens is 1. The number of nitrogens with zero attached hydrogens (tertiary/aromatic N) is 2. The van der Waals surface area contributed by atoms with Crippen molar-refractivity contribution in [1.82, 2.24) is 10.3 Å². The number of halogens is 3. The summed E-state index contributed by atoms with van der Waals surface area (Å²) in [5.41, 5.74) is 4.06. The minimum absolute atomic E-state index is 0.143. The van der Waals surface area contributed by atoms with E-state index >= 15 is 0 Å². The molecule has 0 saturated carbocycles. The van der Waals surface area contributed by atoms with Gasteiger partial charge in [-0.15, -0.1) is 0 Å². The summed E-state index contributed by atoms with van der Waals surface area (Å²) in [7, 11) is 0. The van der Waals surface area contributed by atoms with Gasteiger partial charge in [0.25, 0.3) is 5.91 Å². The molecule has 1 aliphatic rings. The lowest BCUT2D eigenvalue weighted by Crippen LogP contribution is -2.31. The predicted octanol–water partition coefficient (Wildman–Crippen LogP) is 3.89. The van der Waals surface area contributed by atoms with Crippen molar-refractivity contribution < 1.29 is 23.1 Å². The van der Waals surface area contributed by atoms with Gasteiger partial charge in [0.15, 0.2) is 17.5 Å². The van der Waals surface area contributed by atoms with Crippen LogP contribution in [0.1, 0.15) is 34.1 Å². The number of aliphatic hydroxyl groups is 1. The number of benzene rings is 2. The summed E-state index contributed by atoms with van der Waals surface area (Å²) in [6.45, 7) is 2.43. The van der Waals surface area contributed by atoms with Gasteiger partial charge in [0, 0.05) is 48.3 Å². The van der Waals surface area contributed by atoms with Gasteiger partial charge < -0.3 is 15.3 Å². The van der Waals surface area contributed by atoms with Crippen LogP contribution in [0.5, 0.6) is 0 Å². The minimum atomic E-state index is -1.49. The third-order valence-corrected chi connectivity index (χ3v) is 5.37. The van der Waals surface area contributed by atoms with Crippen LogP contribution in [0, 0.1) is 17.5 Å². The van der Waals surface area contributed by atoms with E-state index < -0.39 is 23.6 Å². The van der Waals surface area contributed by atoms with Crippen molar-refractivity contribution in [3.05, 3.63) is 88.5 Å². The molecule has 0 bridgehead atoms. The predicted molar refractivity (Wildman–Crippen MR) is 115 cm³/mol. The summed E-state index contributed by atoms with van der Waals surface area (Å²) in [6, 6.07) is 11.1. The molecule has 1 amide bonds. The Labute approximate surface area is 183 Å². The van der Waals surface area contributed by atoms with Gasteiger partial charge in [0.1, 0.15) is 0 Å². The van der Waals surface area contributed by atoms with Gasteiger partial charge in [0.2, 0.25) is 0 Å². The number of fused-ring (bicyclic) bond motifs is 1. The molecular weight excluding hydrogens is 419 g/mol. The lowest BCUT2D eigenvalue weighted by atomic mass is 10.0. The van der Waals surface area contributed by atoms with Crippen LogP contribution in [0.15, 0.2) is 48.7 Å². The van der Waals surface area contributed by atoms with E-state index in [1.54, 1.807) is 25.3 Å². The Kier molecular flexibility index (Phi) is 6.14. The van der Waals surface area contributed by atoms with Gasteiger partial charge in [-0.25, -0.2) is 13.2 Å². The molecule has 1 aliphatic heterocycles. The molecule has 1 aromatic heterocycles. The Hall–Kier alpha value is -3.39. The fourth-order valence-corrected chi connectivity index (χ4v) is 3.90. The molecule has 166 valence electrons. The second-order valence-electron chi connectivity index (χ2n) is 7.82. The summed E-state index contributed by atoms with van der Waals surface area (Å²) in [5, 5.41) is 12.1. The van der Waals surface area contributed by atoms with E-state index in [0.717, 1.165) is 29.1 Å². The molecule has 2 N–H and O–H groups in total. The number of hydrogen-bond donors (Lipinski definition) is 2. The second kappa shape index (κ2) is 9.00. The molecule has 0 fully saturated rings. The Bertz CT molecular complexity index is 1140. The molecule has 2 aromatic carbocycles. The standard InChI is InChI=1S/C24H22F3N3O2/c1-14(31)13-29-24(32)19-3-2-4-22-18(19)6-8-30(22)17-5-7-28-16(12-17)9-15-10-20(25)23(27)21(26)11-15/h2-5,7,10-12,14,31H,6,8-9,13H2,1H3,(H,29,32)/t14-/m0/s1. The molecule has 4 rings (SSSR count). The van der Waals surface area contributed by atoms with E-state index in [-0.39, 0.29) is 24.4 Å². The average molecular weight is 441 g/mol. The number of carbonyl (C=O) groups is 1. The molecule has 5 nitrogen and oxygen atoms in total. The van der Waals surface area contributed by atoms with Crippen molar-refractivity contribution in [3.8, 4) is 0 Å². The quantitative estimate of drug-likeness (QED) is 0.570. The number of nitrogens with one attached hydrogen (secondary N) is 1. The molecule has 2 heterocycles. The number of aliphatic hydroxyl groups excluding tert-OH is 1. The first-order chi connectivity index (χ1) is 15.3. The van der Waals surface area contributed by atoms with Crippen LogP contribution < -0.4 is 10.2 Å². The largest absolute Gasteiger partial charge is 0.392 e. The van der Waals surface area contributed by atoms with Gasteiger partial charge in [0.05, 0.1) is 6.10 Å². The first kappa shape index (κ1) is 21.8. The number of hydrogen-bond acceptors (Lipinski definition) is 4. The summed E-state index contributed by atoms with van der Waals surface area (Å²) < 4.78 is 40.3. The maximum atomic E-state index is 13.5. The Balaban J connectivity index is 1.58. The Morgan fingerprint density at radius 1 is 1.19 bits per heavy atom. The third-order valence-electron chi connectivity index (χ3n) is 5.37. The number of carbonyl (C=O) groups excluding carboxylic acids is 1. The van der Waals surface area contributed by atoms with E-state index in [1.807, 2.05) is 18.2 Å². The maximum absolute atomic E-state index is 13.5. The molecule has 0 unspecified atom stereocenters. The van der Waals surface area contributed by atoms with Crippen LogP contribution in [-0.2, 0) is 12.8 Å². The van der Waals surface area contributed by atoms with Gasteiger partial charge in [-0.3, -0.25) is 9.78 Å². The Morgan fingerprint density at radius 2 is 1.94 bits per heavy atom. The molecule has 0 saturated heterocycles. The highest BCUT2D eigenvalue weighted by Crippen LogP contribution is 2.36.